The summed E-state index contributed by atoms with van der Waals surface area (Å²) in [5.74, 6) is 2.51. The molecule has 0 aliphatic heterocycles. The minimum Gasteiger partial charge on any atom is -0.439 e. The lowest BCUT2D eigenvalue weighted by atomic mass is 10.3. The van der Waals surface area contributed by atoms with Gasteiger partial charge >= 0.3 is 0 Å². The Kier molecular flexibility index (Phi) is 2.74. The van der Waals surface area contributed by atoms with Crippen molar-refractivity contribution in [2.45, 2.75) is 19.9 Å². The molecule has 0 saturated heterocycles. The third-order valence-electron chi connectivity index (χ3n) is 3.68. The molecule has 4 heteroatoms. The van der Waals surface area contributed by atoms with E-state index in [1.807, 2.05) is 18.2 Å². The van der Waals surface area contributed by atoms with E-state index < -0.39 is 0 Å². The number of oxazole rings is 1. The maximum atomic E-state index is 5.73. The van der Waals surface area contributed by atoms with Crippen molar-refractivity contribution in [3.8, 4) is 0 Å². The maximum Gasteiger partial charge on any atom is 0.209 e. The number of aromatic nitrogens is 1. The maximum absolute atomic E-state index is 5.73. The van der Waals surface area contributed by atoms with Gasteiger partial charge in [-0.2, -0.15) is 0 Å². The van der Waals surface area contributed by atoms with Gasteiger partial charge in [0.1, 0.15) is 5.52 Å². The third-order valence-corrected chi connectivity index (χ3v) is 3.68. The van der Waals surface area contributed by atoms with Gasteiger partial charge in [-0.3, -0.25) is 4.90 Å². The van der Waals surface area contributed by atoms with E-state index in [-0.39, 0.29) is 0 Å². The highest BCUT2D eigenvalue weighted by Crippen LogP contribution is 2.38. The van der Waals surface area contributed by atoms with Gasteiger partial charge < -0.3 is 10.2 Å². The monoisotopic (exact) mass is 245 g/mol. The summed E-state index contributed by atoms with van der Waals surface area (Å²) in [6.07, 6.45) is 1.36. The summed E-state index contributed by atoms with van der Waals surface area (Å²) in [5.41, 5.74) is 8.11. The van der Waals surface area contributed by atoms with Crippen LogP contribution in [0.5, 0.6) is 0 Å². The summed E-state index contributed by atoms with van der Waals surface area (Å²) < 4.78 is 5.71. The lowest BCUT2D eigenvalue weighted by Gasteiger charge is -2.13. The van der Waals surface area contributed by atoms with Crippen molar-refractivity contribution < 1.29 is 4.42 Å². The number of anilines is 1. The first-order valence-electron chi connectivity index (χ1n) is 6.45. The Bertz CT molecular complexity index is 563. The third kappa shape index (κ3) is 2.34. The molecule has 18 heavy (non-hydrogen) atoms. The Morgan fingerprint density at radius 2 is 2.28 bits per heavy atom. The van der Waals surface area contributed by atoms with Crippen LogP contribution in [0.3, 0.4) is 0 Å². The van der Waals surface area contributed by atoms with Crippen LogP contribution in [0.4, 0.5) is 5.69 Å². The van der Waals surface area contributed by atoms with E-state index in [0.29, 0.717) is 0 Å². The van der Waals surface area contributed by atoms with Crippen LogP contribution in [0, 0.1) is 11.8 Å². The van der Waals surface area contributed by atoms with Crippen LogP contribution in [0.2, 0.25) is 0 Å². The molecule has 1 aliphatic carbocycles. The molecular weight excluding hydrogens is 226 g/mol. The molecule has 96 valence electrons. The molecule has 1 aromatic heterocycles. The Morgan fingerprint density at radius 1 is 1.50 bits per heavy atom. The van der Waals surface area contributed by atoms with E-state index in [2.05, 4.69) is 23.9 Å². The zero-order valence-corrected chi connectivity index (χ0v) is 10.9. The predicted molar refractivity (Wildman–Crippen MR) is 72.0 cm³/mol. The predicted octanol–water partition coefficient (Wildman–Crippen LogP) is 2.50. The SMILES string of the molecule is CC1CC1CN(C)Cc1nc2cc(N)ccc2o1. The molecule has 1 aliphatic rings. The molecule has 2 unspecified atom stereocenters. The van der Waals surface area contributed by atoms with Gasteiger partial charge in [0.15, 0.2) is 5.58 Å². The first kappa shape index (κ1) is 11.5. The standard InChI is InChI=1S/C14H19N3O/c1-9-5-10(9)7-17(2)8-14-16-12-6-11(15)3-4-13(12)18-14/h3-4,6,9-10H,5,7-8,15H2,1-2H3. The highest BCUT2D eigenvalue weighted by atomic mass is 16.3. The molecular formula is C14H19N3O. The number of nitrogens with two attached hydrogens (primary N) is 1. The van der Waals surface area contributed by atoms with E-state index in [4.69, 9.17) is 10.2 Å². The number of hydrogen-bond donors (Lipinski definition) is 1. The Labute approximate surface area is 107 Å². The summed E-state index contributed by atoms with van der Waals surface area (Å²) >= 11 is 0. The van der Waals surface area contributed by atoms with Crippen molar-refractivity contribution in [3.63, 3.8) is 0 Å². The van der Waals surface area contributed by atoms with Gasteiger partial charge in [-0.15, -0.1) is 0 Å². The van der Waals surface area contributed by atoms with Gasteiger partial charge in [0, 0.05) is 12.2 Å². The van der Waals surface area contributed by atoms with Crippen molar-refractivity contribution in [2.24, 2.45) is 11.8 Å². The number of rotatable bonds is 4. The number of hydrogen-bond acceptors (Lipinski definition) is 4. The highest BCUT2D eigenvalue weighted by molar-refractivity contribution is 5.76. The summed E-state index contributed by atoms with van der Waals surface area (Å²) in [5, 5.41) is 0. The highest BCUT2D eigenvalue weighted by Gasteiger charge is 2.33. The van der Waals surface area contributed by atoms with Gasteiger partial charge in [0.2, 0.25) is 5.89 Å². The fourth-order valence-corrected chi connectivity index (χ4v) is 2.41. The van der Waals surface area contributed by atoms with E-state index in [1.165, 1.54) is 6.42 Å². The Morgan fingerprint density at radius 3 is 3.00 bits per heavy atom. The van der Waals surface area contributed by atoms with Crippen LogP contribution < -0.4 is 5.73 Å². The molecule has 2 atom stereocenters. The van der Waals surface area contributed by atoms with Gasteiger partial charge in [0.25, 0.3) is 0 Å². The van der Waals surface area contributed by atoms with Crippen molar-refractivity contribution in [3.05, 3.63) is 24.1 Å². The van der Waals surface area contributed by atoms with Gasteiger partial charge in [0.05, 0.1) is 6.54 Å². The van der Waals surface area contributed by atoms with Crippen LogP contribution in [0.1, 0.15) is 19.2 Å². The van der Waals surface area contributed by atoms with Crippen LogP contribution in [0.25, 0.3) is 11.1 Å². The second kappa shape index (κ2) is 4.28. The average molecular weight is 245 g/mol. The number of benzene rings is 1. The zero-order chi connectivity index (χ0) is 12.7. The molecule has 0 bridgehead atoms. The summed E-state index contributed by atoms with van der Waals surface area (Å²) in [4.78, 5) is 6.75. The number of nitrogen functional groups attached to an aromatic ring is 1. The van der Waals surface area contributed by atoms with Crippen LogP contribution in [0.15, 0.2) is 22.6 Å². The van der Waals surface area contributed by atoms with E-state index in [1.54, 1.807) is 0 Å². The molecule has 1 saturated carbocycles. The fourth-order valence-electron chi connectivity index (χ4n) is 2.41. The lowest BCUT2D eigenvalue weighted by Crippen LogP contribution is -2.21. The fraction of sp³-hybridized carbons (Fsp3) is 0.500. The quantitative estimate of drug-likeness (QED) is 0.841. The van der Waals surface area contributed by atoms with Crippen LogP contribution in [-0.4, -0.2) is 23.5 Å². The Hall–Kier alpha value is -1.55. The van der Waals surface area contributed by atoms with Crippen molar-refractivity contribution in [1.29, 1.82) is 0 Å². The first-order chi connectivity index (χ1) is 8.61. The molecule has 1 aromatic carbocycles. The van der Waals surface area contributed by atoms with Crippen LogP contribution in [-0.2, 0) is 6.54 Å². The second-order valence-electron chi connectivity index (χ2n) is 5.50. The van der Waals surface area contributed by atoms with E-state index in [0.717, 1.165) is 47.6 Å². The topological polar surface area (TPSA) is 55.3 Å². The minimum absolute atomic E-state index is 0.725. The molecule has 0 amide bonds. The van der Waals surface area contributed by atoms with Gasteiger partial charge in [-0.05, 0) is 43.5 Å². The number of fused-ring (bicyclic) bond motifs is 1. The molecule has 0 spiro atoms. The van der Waals surface area contributed by atoms with Crippen molar-refractivity contribution >= 4 is 16.8 Å². The van der Waals surface area contributed by atoms with Crippen molar-refractivity contribution in [1.82, 2.24) is 9.88 Å². The van der Waals surface area contributed by atoms with E-state index >= 15 is 0 Å². The molecule has 1 fully saturated rings. The average Bonchev–Trinajstić information content (AvgIpc) is 2.85. The number of nitrogens with zero attached hydrogens (tertiary/aromatic N) is 2. The minimum atomic E-state index is 0.725. The molecule has 1 heterocycles. The van der Waals surface area contributed by atoms with Crippen molar-refractivity contribution in [2.75, 3.05) is 19.3 Å². The van der Waals surface area contributed by atoms with E-state index in [9.17, 15) is 0 Å². The van der Waals surface area contributed by atoms with Crippen LogP contribution >= 0.6 is 0 Å². The molecule has 2 aromatic rings. The first-order valence-corrected chi connectivity index (χ1v) is 6.45. The molecule has 4 nitrogen and oxygen atoms in total. The molecule has 0 radical (unpaired) electrons. The van der Waals surface area contributed by atoms with Gasteiger partial charge in [-0.1, -0.05) is 6.92 Å². The van der Waals surface area contributed by atoms with Gasteiger partial charge in [-0.25, -0.2) is 4.98 Å². The summed E-state index contributed by atoms with van der Waals surface area (Å²) in [6, 6.07) is 5.57. The molecule has 3 rings (SSSR count). The smallest absolute Gasteiger partial charge is 0.209 e. The Balaban J connectivity index is 1.70. The normalized spacial score (nSPS) is 22.8. The largest absolute Gasteiger partial charge is 0.439 e. The zero-order valence-electron chi connectivity index (χ0n) is 10.9. The summed E-state index contributed by atoms with van der Waals surface area (Å²) in [7, 11) is 2.12. The molecule has 2 N–H and O–H groups in total. The second-order valence-corrected chi connectivity index (χ2v) is 5.50. The lowest BCUT2D eigenvalue weighted by molar-refractivity contribution is 0.278. The summed E-state index contributed by atoms with van der Waals surface area (Å²) in [6.45, 7) is 4.19.